The van der Waals surface area contributed by atoms with E-state index in [-0.39, 0.29) is 17.7 Å². The number of ether oxygens (including phenoxy) is 1. The Labute approximate surface area is 194 Å². The van der Waals surface area contributed by atoms with Crippen molar-refractivity contribution < 1.29 is 33.4 Å². The van der Waals surface area contributed by atoms with Crippen LogP contribution in [0.4, 0.5) is 0 Å². The van der Waals surface area contributed by atoms with Gasteiger partial charge in [0, 0.05) is 12.6 Å². The van der Waals surface area contributed by atoms with Gasteiger partial charge in [-0.05, 0) is 26.0 Å². The number of aliphatic hydroxyl groups is 1. The number of hydrogen-bond acceptors (Lipinski definition) is 8. The lowest BCUT2D eigenvalue weighted by molar-refractivity contribution is -0.138. The number of aliphatic hydroxyl groups excluding tert-OH is 1. The zero-order valence-corrected chi connectivity index (χ0v) is 19.4. The predicted octanol–water partition coefficient (Wildman–Crippen LogP) is 1.48. The maximum Gasteiger partial charge on any atom is 0.459 e. The molecule has 0 spiro atoms. The molecule has 0 bridgehead atoms. The monoisotopic (exact) mass is 495 g/mol. The maximum atomic E-state index is 13.3. The van der Waals surface area contributed by atoms with Gasteiger partial charge < -0.3 is 19.5 Å². The van der Waals surface area contributed by atoms with Crippen molar-refractivity contribution in [2.24, 2.45) is 0 Å². The Hall–Kier alpha value is -3.02. The molecule has 12 nitrogen and oxygen atoms in total. The number of carbonyl (C=O) groups is 1. The minimum absolute atomic E-state index is 0.00193. The summed E-state index contributed by atoms with van der Waals surface area (Å²) in [6, 6.07) is 6.77. The summed E-state index contributed by atoms with van der Waals surface area (Å²) in [4.78, 5) is 37.6. The highest BCUT2D eigenvalue weighted by Gasteiger charge is 2.39. The predicted molar refractivity (Wildman–Crippen MR) is 121 cm³/mol. The van der Waals surface area contributed by atoms with Crippen LogP contribution in [0.2, 0.25) is 0 Å². The van der Waals surface area contributed by atoms with E-state index >= 15 is 0 Å². The second-order valence-electron chi connectivity index (χ2n) is 7.57. The Morgan fingerprint density at radius 2 is 2.09 bits per heavy atom. The van der Waals surface area contributed by atoms with Gasteiger partial charge in [0.1, 0.15) is 24.1 Å². The average molecular weight is 495 g/mol. The van der Waals surface area contributed by atoms with Crippen LogP contribution in [-0.2, 0) is 18.6 Å². The van der Waals surface area contributed by atoms with Gasteiger partial charge in [-0.1, -0.05) is 30.4 Å². The van der Waals surface area contributed by atoms with Crippen LogP contribution in [0.25, 0.3) is 6.08 Å². The highest BCUT2D eigenvalue weighted by Crippen LogP contribution is 2.45. The Bertz CT molecular complexity index is 1190. The van der Waals surface area contributed by atoms with E-state index in [2.05, 4.69) is 10.1 Å². The molecular weight excluding hydrogens is 469 g/mol. The number of nitrogens with zero attached hydrogens (tertiary/aromatic N) is 1. The second kappa shape index (κ2) is 10.9. The molecule has 0 saturated carbocycles. The molecule has 1 aliphatic heterocycles. The summed E-state index contributed by atoms with van der Waals surface area (Å²) in [5, 5.41) is 22.0. The number of nitrogens with one attached hydrogen (secondary N) is 2. The molecule has 4 N–H and O–H groups in total. The zero-order chi connectivity index (χ0) is 24.9. The number of allylic oxidation sites excluding steroid dienone is 1. The van der Waals surface area contributed by atoms with Gasteiger partial charge >= 0.3 is 19.4 Å². The normalized spacial score (nSPS) is 23.0. The van der Waals surface area contributed by atoms with Crippen molar-refractivity contribution in [1.29, 1.82) is 0 Å². The van der Waals surface area contributed by atoms with Crippen LogP contribution < -0.4 is 20.9 Å². The molecule has 0 aliphatic carbocycles. The first-order valence-electron chi connectivity index (χ1n) is 10.4. The second-order valence-corrected chi connectivity index (χ2v) is 9.26. The van der Waals surface area contributed by atoms with Crippen molar-refractivity contribution >= 4 is 19.8 Å². The van der Waals surface area contributed by atoms with Gasteiger partial charge in [0.05, 0.1) is 18.3 Å². The van der Waals surface area contributed by atoms with E-state index in [1.54, 1.807) is 31.2 Å². The van der Waals surface area contributed by atoms with Crippen molar-refractivity contribution in [3.05, 3.63) is 69.0 Å². The minimum atomic E-state index is -4.20. The number of hydrogen-bond donors (Lipinski definition) is 4. The van der Waals surface area contributed by atoms with Gasteiger partial charge in [-0.25, -0.2) is 9.36 Å². The summed E-state index contributed by atoms with van der Waals surface area (Å²) in [6.45, 7) is 2.56. The molecule has 0 amide bonds. The number of rotatable bonds is 10. The van der Waals surface area contributed by atoms with Gasteiger partial charge in [-0.15, -0.1) is 0 Å². The van der Waals surface area contributed by atoms with Crippen molar-refractivity contribution in [3.8, 4) is 5.75 Å². The molecule has 13 heteroatoms. The van der Waals surface area contributed by atoms with E-state index in [9.17, 15) is 29.2 Å². The highest BCUT2D eigenvalue weighted by atomic mass is 31.2. The first-order chi connectivity index (χ1) is 16.1. The number of carboxylic acids is 1. The zero-order valence-electron chi connectivity index (χ0n) is 18.5. The molecule has 34 heavy (non-hydrogen) atoms. The quantitative estimate of drug-likeness (QED) is 0.354. The molecule has 4 unspecified atom stereocenters. The molecule has 2 aromatic rings. The molecule has 0 radical (unpaired) electrons. The van der Waals surface area contributed by atoms with Gasteiger partial charge in [-0.2, -0.15) is 5.09 Å². The fraction of sp³-hybridized carbons (Fsp3) is 0.381. The summed E-state index contributed by atoms with van der Waals surface area (Å²) in [5.41, 5.74) is -1.05. The standard InChI is InChI=1S/C21H26N3O9P/c1-3-7-14-11-24(21(29)22-19(14)26)18-10-16(25)17(32-18)12-31-34(30,23-13(2)20(27)28)33-15-8-5-4-6-9-15/h3-9,11,13,16-18,25H,10,12H2,1-2H3,(H,23,30)(H,27,28)(H,22,26,29)/b7-3+/t13-,16?,17?,18?,34?/m0/s1. The molecule has 5 atom stereocenters. The molecule has 1 aliphatic rings. The third kappa shape index (κ3) is 6.31. The minimum Gasteiger partial charge on any atom is -0.480 e. The van der Waals surface area contributed by atoms with E-state index in [1.165, 1.54) is 31.3 Å². The fourth-order valence-electron chi connectivity index (χ4n) is 3.22. The van der Waals surface area contributed by atoms with Crippen LogP contribution in [-0.4, -0.2) is 50.6 Å². The smallest absolute Gasteiger partial charge is 0.459 e. The lowest BCUT2D eigenvalue weighted by atomic mass is 10.2. The molecule has 1 fully saturated rings. The number of H-pyrrole nitrogens is 1. The summed E-state index contributed by atoms with van der Waals surface area (Å²) >= 11 is 0. The van der Waals surface area contributed by atoms with E-state index in [4.69, 9.17) is 13.8 Å². The number of carboxylic acid groups (broad SMARTS) is 1. The van der Waals surface area contributed by atoms with Gasteiger partial charge in [-0.3, -0.25) is 23.7 Å². The number of aliphatic carboxylic acids is 1. The van der Waals surface area contributed by atoms with Gasteiger partial charge in [0.15, 0.2) is 0 Å². The Morgan fingerprint density at radius 1 is 1.38 bits per heavy atom. The van der Waals surface area contributed by atoms with E-state index < -0.39 is 56.0 Å². The van der Waals surface area contributed by atoms with Crippen molar-refractivity contribution in [3.63, 3.8) is 0 Å². The van der Waals surface area contributed by atoms with Gasteiger partial charge in [0.2, 0.25) is 0 Å². The lowest BCUT2D eigenvalue weighted by Crippen LogP contribution is -2.35. The lowest BCUT2D eigenvalue weighted by Gasteiger charge is -2.24. The van der Waals surface area contributed by atoms with E-state index in [0.29, 0.717) is 0 Å². The SMILES string of the molecule is C/C=C/c1cn(C2CC(O)C(COP(=O)(N[C@@H](C)C(=O)O)Oc3ccccc3)O2)c(=O)[nH]c1=O. The average Bonchev–Trinajstić information content (AvgIpc) is 3.15. The first kappa shape index (κ1) is 25.6. The van der Waals surface area contributed by atoms with Crippen molar-refractivity contribution in [2.45, 2.75) is 44.7 Å². The molecule has 184 valence electrons. The summed E-state index contributed by atoms with van der Waals surface area (Å²) in [6.07, 6.45) is 1.44. The van der Waals surface area contributed by atoms with Crippen LogP contribution in [0, 0.1) is 0 Å². The third-order valence-corrected chi connectivity index (χ3v) is 6.60. The topological polar surface area (TPSA) is 169 Å². The number of benzene rings is 1. The molecule has 1 aromatic heterocycles. The molecule has 1 saturated heterocycles. The van der Waals surface area contributed by atoms with Crippen LogP contribution in [0.3, 0.4) is 0 Å². The van der Waals surface area contributed by atoms with Crippen molar-refractivity contribution in [2.75, 3.05) is 6.61 Å². The van der Waals surface area contributed by atoms with Crippen molar-refractivity contribution in [1.82, 2.24) is 14.6 Å². The van der Waals surface area contributed by atoms with Crippen LogP contribution in [0.1, 0.15) is 32.1 Å². The van der Waals surface area contributed by atoms with Crippen LogP contribution in [0.5, 0.6) is 5.75 Å². The summed E-state index contributed by atoms with van der Waals surface area (Å²) in [5.74, 6) is -1.09. The van der Waals surface area contributed by atoms with E-state index in [0.717, 1.165) is 4.57 Å². The Balaban J connectivity index is 1.75. The largest absolute Gasteiger partial charge is 0.480 e. The summed E-state index contributed by atoms with van der Waals surface area (Å²) in [7, 11) is -4.20. The highest BCUT2D eigenvalue weighted by molar-refractivity contribution is 7.52. The number of aromatic nitrogens is 2. The number of aromatic amines is 1. The number of para-hydroxylation sites is 1. The van der Waals surface area contributed by atoms with Crippen LogP contribution >= 0.6 is 7.75 Å². The third-order valence-electron chi connectivity index (χ3n) is 4.96. The van der Waals surface area contributed by atoms with Gasteiger partial charge in [0.25, 0.3) is 5.56 Å². The molecule has 2 heterocycles. The van der Waals surface area contributed by atoms with Crippen LogP contribution in [0.15, 0.2) is 52.2 Å². The first-order valence-corrected chi connectivity index (χ1v) is 12.0. The summed E-state index contributed by atoms with van der Waals surface area (Å²) < 4.78 is 31.0. The maximum absolute atomic E-state index is 13.3. The molecule has 3 rings (SSSR count). The Morgan fingerprint density at radius 3 is 2.74 bits per heavy atom. The molecule has 1 aromatic carbocycles. The Kier molecular flexibility index (Phi) is 8.24. The molecular formula is C21H26N3O9P. The fourth-order valence-corrected chi connectivity index (χ4v) is 4.73. The van der Waals surface area contributed by atoms with E-state index in [1.807, 2.05) is 0 Å².